The minimum Gasteiger partial charge on any atom is -0.463 e. The Morgan fingerprint density at radius 1 is 0.537 bits per heavy atom. The maximum Gasteiger partial charge on any atom is 0.373 e. The molecule has 11 rings (SSSR count). The van der Waals surface area contributed by atoms with Gasteiger partial charge >= 0.3 is 6.15 Å². The van der Waals surface area contributed by atoms with Gasteiger partial charge in [0.05, 0.1) is 0 Å². The Morgan fingerprint density at radius 3 is 1.29 bits per heavy atom. The first kappa shape index (κ1) is 62.2. The molecule has 0 aliphatic carbocycles. The summed E-state index contributed by atoms with van der Waals surface area (Å²) in [5, 5.41) is 11.8. The molecule has 0 amide bonds. The highest BCUT2D eigenvalue weighted by molar-refractivity contribution is 5.87. The van der Waals surface area contributed by atoms with Gasteiger partial charge in [-0.15, -0.1) is 0 Å². The quantitative estimate of drug-likeness (QED) is 0.0809. The summed E-state index contributed by atoms with van der Waals surface area (Å²) < 4.78 is 4.82. The summed E-state index contributed by atoms with van der Waals surface area (Å²) in [6, 6.07) is 64.1. The number of ether oxygens (including phenoxy) is 1. The zero-order valence-corrected chi connectivity index (χ0v) is 47.8. The van der Waals surface area contributed by atoms with Gasteiger partial charge in [0.2, 0.25) is 0 Å². The zero-order chi connectivity index (χ0) is 54.9. The average molecular weight is 1070 g/mol. The van der Waals surface area contributed by atoms with Crippen LogP contribution < -0.4 is 15.1 Å². The summed E-state index contributed by atoms with van der Waals surface area (Å²) in [6.45, 7) is 21.9. The van der Waals surface area contributed by atoms with Crippen molar-refractivity contribution in [1.82, 2.24) is 5.32 Å². The summed E-state index contributed by atoms with van der Waals surface area (Å²) in [7, 11) is 0. The van der Waals surface area contributed by atoms with E-state index in [0.717, 1.165) is 36.9 Å². The standard InChI is InChI=1S/C28H35N.C25H27NO2.C17H21N.CO2.CH4.B/c1-21(26-11-7-9-24-8-5-6-10-27(24)26)18-23-16-17-29(20-23)25-14-12-22(13-15-25)19-28(2,3)4;1-19(24-8-4-6-22-5-2-3-7-25(22)24)15-21-13-14-26(16-21)23-11-9-20(10-12-23)17-28-18-27;1-13(11-14-9-10-18-12-14)16-8-4-6-15-5-2-3-7-17(15)16;2-1-3;;/h5-15,21,23H,16-20H2,1-4H3;2-12,18-19,21H,13-17H2,1H3;2-8,13-14,18H,9-12H2,1H3;;1H4;/t21-,23+;19-,21+;13-,14+;;;/m000.../s1. The van der Waals surface area contributed by atoms with Crippen LogP contribution in [0.5, 0.6) is 0 Å². The minimum atomic E-state index is 0. The van der Waals surface area contributed by atoms with Crippen LogP contribution in [0.15, 0.2) is 176 Å². The van der Waals surface area contributed by atoms with Gasteiger partial charge in [-0.3, -0.25) is 4.79 Å². The van der Waals surface area contributed by atoms with Gasteiger partial charge < -0.3 is 19.9 Å². The fraction of sp³-hybridized carbons (Fsp3) is 0.389. The molecule has 3 heterocycles. The second-order valence-electron chi connectivity index (χ2n) is 23.7. The lowest BCUT2D eigenvalue weighted by Gasteiger charge is -2.22. The van der Waals surface area contributed by atoms with E-state index in [9.17, 15) is 4.79 Å². The molecule has 0 unspecified atom stereocenters. The molecule has 3 fully saturated rings. The number of carbonyl (C=O) groups is 1. The SMILES string of the molecule is C.C[C@@H](C[C@H]1CCN(c2ccc(CC(C)(C)C)cc2)C1)c1cccc2ccccc12.C[C@@H](C[C@H]1CCN(c2ccc(COC=O)cc2)C1)c1cccc2ccccc12.C[C@@H](C[C@H]1CCNC1)c1cccc2ccccc12.O=C=O.[B]. The fourth-order valence-corrected chi connectivity index (χ4v) is 12.7. The van der Waals surface area contributed by atoms with E-state index in [1.165, 1.54) is 131 Å². The molecule has 3 radical (unpaired) electrons. The molecule has 417 valence electrons. The van der Waals surface area contributed by atoms with Crippen LogP contribution in [0.3, 0.4) is 0 Å². The van der Waals surface area contributed by atoms with E-state index in [1.54, 1.807) is 0 Å². The number of fused-ring (bicyclic) bond motifs is 3. The topological polar surface area (TPSA) is 79.0 Å². The molecule has 0 saturated carbocycles. The second kappa shape index (κ2) is 30.6. The maximum absolute atomic E-state index is 10.3. The summed E-state index contributed by atoms with van der Waals surface area (Å²) >= 11 is 0. The number of benzene rings is 8. The van der Waals surface area contributed by atoms with E-state index in [1.807, 2.05) is 12.1 Å². The minimum absolute atomic E-state index is 0. The molecule has 8 aromatic carbocycles. The summed E-state index contributed by atoms with van der Waals surface area (Å²) in [5.74, 6) is 4.16. The van der Waals surface area contributed by atoms with Gasteiger partial charge in [-0.25, -0.2) is 0 Å². The van der Waals surface area contributed by atoms with Crippen molar-refractivity contribution in [3.63, 3.8) is 0 Å². The fourth-order valence-electron chi connectivity index (χ4n) is 12.7. The van der Waals surface area contributed by atoms with Crippen LogP contribution in [0.1, 0.15) is 133 Å². The normalized spacial score (nSPS) is 17.7. The van der Waals surface area contributed by atoms with Crippen molar-refractivity contribution in [2.45, 2.75) is 118 Å². The van der Waals surface area contributed by atoms with Crippen LogP contribution in [0.2, 0.25) is 0 Å². The molecule has 0 aromatic heterocycles. The Labute approximate surface area is 481 Å². The highest BCUT2D eigenvalue weighted by Crippen LogP contribution is 2.37. The van der Waals surface area contributed by atoms with Crippen LogP contribution in [0.25, 0.3) is 32.3 Å². The van der Waals surface area contributed by atoms with Gasteiger partial charge in [-0.2, -0.15) is 9.59 Å². The molecule has 8 heteroatoms. The van der Waals surface area contributed by atoms with Crippen LogP contribution in [-0.2, 0) is 32.1 Å². The van der Waals surface area contributed by atoms with Crippen LogP contribution in [-0.4, -0.2) is 60.3 Å². The maximum atomic E-state index is 10.3. The molecule has 8 aromatic rings. The summed E-state index contributed by atoms with van der Waals surface area (Å²) in [6.07, 6.45) is 9.07. The molecule has 0 spiro atoms. The van der Waals surface area contributed by atoms with Crippen LogP contribution in [0, 0.1) is 23.2 Å². The van der Waals surface area contributed by atoms with Gasteiger partial charge in [0.15, 0.2) is 0 Å². The molecule has 6 atom stereocenters. The molecule has 3 aliphatic rings. The van der Waals surface area contributed by atoms with E-state index in [4.69, 9.17) is 14.3 Å². The molecule has 0 bridgehead atoms. The number of anilines is 2. The molecule has 3 saturated heterocycles. The number of carbonyl (C=O) groups excluding carboxylic acids is 3. The number of hydrogen-bond donors (Lipinski definition) is 1. The molecule has 3 aliphatic heterocycles. The number of nitrogens with one attached hydrogen (secondary N) is 1. The van der Waals surface area contributed by atoms with Crippen molar-refractivity contribution in [3.05, 3.63) is 204 Å². The van der Waals surface area contributed by atoms with Gasteiger partial charge in [0, 0.05) is 46.0 Å². The highest BCUT2D eigenvalue weighted by atomic mass is 16.5. The summed E-state index contributed by atoms with van der Waals surface area (Å²) in [4.78, 5) is 31.6. The molecule has 7 nitrogen and oxygen atoms in total. The Bertz CT molecular complexity index is 3160. The van der Waals surface area contributed by atoms with Crippen molar-refractivity contribution in [2.24, 2.45) is 23.2 Å². The summed E-state index contributed by atoms with van der Waals surface area (Å²) in [5.41, 5.74) is 9.96. The average Bonchev–Trinajstić information content (AvgIpc) is 4.27. The van der Waals surface area contributed by atoms with Crippen LogP contribution in [0.4, 0.5) is 11.4 Å². The van der Waals surface area contributed by atoms with Crippen molar-refractivity contribution in [2.75, 3.05) is 49.1 Å². The second-order valence-corrected chi connectivity index (χ2v) is 23.7. The lowest BCUT2D eigenvalue weighted by atomic mass is 9.87. The Hall–Kier alpha value is -6.99. The zero-order valence-electron chi connectivity index (χ0n) is 47.8. The number of rotatable bonds is 15. The lowest BCUT2D eigenvalue weighted by Crippen LogP contribution is -2.20. The van der Waals surface area contributed by atoms with E-state index >= 15 is 0 Å². The third kappa shape index (κ3) is 17.3. The molecule has 80 heavy (non-hydrogen) atoms. The first-order chi connectivity index (χ1) is 37.9. The first-order valence-electron chi connectivity index (χ1n) is 28.8. The third-order valence-electron chi connectivity index (χ3n) is 16.5. The van der Waals surface area contributed by atoms with E-state index in [0.29, 0.717) is 42.2 Å². The van der Waals surface area contributed by atoms with Crippen molar-refractivity contribution in [3.8, 4) is 0 Å². The van der Waals surface area contributed by atoms with E-state index in [-0.39, 0.29) is 22.0 Å². The third-order valence-corrected chi connectivity index (χ3v) is 16.5. The van der Waals surface area contributed by atoms with Crippen molar-refractivity contribution < 1.29 is 19.1 Å². The van der Waals surface area contributed by atoms with E-state index in [2.05, 4.69) is 220 Å². The largest absolute Gasteiger partial charge is 0.463 e. The van der Waals surface area contributed by atoms with Gasteiger partial charge in [0.25, 0.3) is 6.47 Å². The smallest absolute Gasteiger partial charge is 0.373 e. The van der Waals surface area contributed by atoms with Crippen molar-refractivity contribution in [1.29, 1.82) is 0 Å². The molecular weight excluding hydrogens is 982 g/mol. The monoisotopic (exact) mass is 1070 g/mol. The number of hydrogen-bond acceptors (Lipinski definition) is 7. The van der Waals surface area contributed by atoms with Crippen molar-refractivity contribution >= 4 is 64.7 Å². The van der Waals surface area contributed by atoms with E-state index < -0.39 is 0 Å². The molecule has 1 N–H and O–H groups in total. The van der Waals surface area contributed by atoms with Gasteiger partial charge in [0.1, 0.15) is 6.61 Å². The molecular formula is C72H87BN3O4. The first-order valence-corrected chi connectivity index (χ1v) is 28.8. The Kier molecular flexibility index (Phi) is 23.8. The van der Waals surface area contributed by atoms with Gasteiger partial charge in [-0.05, 0) is 183 Å². The number of nitrogens with zero attached hydrogens (tertiary/aromatic N) is 2. The van der Waals surface area contributed by atoms with Gasteiger partial charge in [-0.1, -0.05) is 201 Å². The Balaban J connectivity index is 0.000000191. The Morgan fingerprint density at radius 2 is 0.912 bits per heavy atom. The van der Waals surface area contributed by atoms with Crippen LogP contribution >= 0.6 is 0 Å². The predicted molar refractivity (Wildman–Crippen MR) is 337 cm³/mol. The lowest BCUT2D eigenvalue weighted by molar-refractivity contribution is -0.191. The highest BCUT2D eigenvalue weighted by Gasteiger charge is 2.27. The predicted octanol–water partition coefficient (Wildman–Crippen LogP) is 16.6.